The molecule has 0 saturated heterocycles. The molecule has 200 valence electrons. The summed E-state index contributed by atoms with van der Waals surface area (Å²) in [5, 5.41) is 24.0. The average molecular weight is 558 g/mol. The second kappa shape index (κ2) is 12.3. The van der Waals surface area contributed by atoms with E-state index in [1.165, 1.54) is 0 Å². The van der Waals surface area contributed by atoms with Crippen molar-refractivity contribution in [2.75, 3.05) is 16.8 Å². The van der Waals surface area contributed by atoms with Gasteiger partial charge in [-0.1, -0.05) is 68.2 Å². The predicted octanol–water partition coefficient (Wildman–Crippen LogP) is 5.70. The van der Waals surface area contributed by atoms with Crippen LogP contribution in [0.1, 0.15) is 42.3 Å². The lowest BCUT2D eigenvalue weighted by atomic mass is 9.87. The van der Waals surface area contributed by atoms with Crippen LogP contribution in [0.25, 0.3) is 0 Å². The first-order chi connectivity index (χ1) is 17.8. The molecular formula is C28H29Cl2N3O5. The molecule has 0 fully saturated rings. The number of benzene rings is 3. The molecule has 0 heterocycles. The van der Waals surface area contributed by atoms with Crippen molar-refractivity contribution in [3.63, 3.8) is 0 Å². The summed E-state index contributed by atoms with van der Waals surface area (Å²) >= 11 is 12.1. The molecule has 0 unspecified atom stereocenters. The van der Waals surface area contributed by atoms with Gasteiger partial charge in [-0.05, 0) is 59.0 Å². The van der Waals surface area contributed by atoms with Crippen molar-refractivity contribution in [1.29, 1.82) is 0 Å². The molecule has 0 spiro atoms. The summed E-state index contributed by atoms with van der Waals surface area (Å²) in [5.74, 6) is -1.95. The number of nitrogens with zero attached hydrogens (tertiary/aromatic N) is 1. The molecule has 10 heteroatoms. The van der Waals surface area contributed by atoms with Crippen LogP contribution in [0, 0.1) is 0 Å². The van der Waals surface area contributed by atoms with E-state index in [9.17, 15) is 19.5 Å². The Morgan fingerprint density at radius 2 is 1.55 bits per heavy atom. The number of hydrogen-bond acceptors (Lipinski definition) is 4. The van der Waals surface area contributed by atoms with Gasteiger partial charge in [0.15, 0.2) is 6.10 Å². The van der Waals surface area contributed by atoms with Gasteiger partial charge in [-0.15, -0.1) is 0 Å². The molecule has 0 aliphatic heterocycles. The van der Waals surface area contributed by atoms with Crippen LogP contribution < -0.4 is 15.5 Å². The SMILES string of the molecule is CC(C)(C)c1ccc(N(Cc2ccc(C(=O)NC[C@@H](O)C(=O)O)cc2)C(=O)Nc2ccc(Cl)c(Cl)c2)cc1. The van der Waals surface area contributed by atoms with E-state index in [-0.39, 0.29) is 17.5 Å². The smallest absolute Gasteiger partial charge is 0.334 e. The highest BCUT2D eigenvalue weighted by molar-refractivity contribution is 6.42. The molecule has 8 nitrogen and oxygen atoms in total. The van der Waals surface area contributed by atoms with Crippen molar-refractivity contribution in [1.82, 2.24) is 5.32 Å². The highest BCUT2D eigenvalue weighted by Gasteiger charge is 2.20. The molecule has 38 heavy (non-hydrogen) atoms. The van der Waals surface area contributed by atoms with Gasteiger partial charge in [-0.25, -0.2) is 9.59 Å². The number of aliphatic carboxylic acids is 1. The van der Waals surface area contributed by atoms with E-state index < -0.39 is 30.6 Å². The first kappa shape index (κ1) is 29.0. The van der Waals surface area contributed by atoms with E-state index in [2.05, 4.69) is 31.4 Å². The van der Waals surface area contributed by atoms with Crippen LogP contribution in [0.4, 0.5) is 16.2 Å². The molecule has 3 aromatic rings. The molecule has 0 aromatic heterocycles. The van der Waals surface area contributed by atoms with Gasteiger partial charge in [0.25, 0.3) is 5.91 Å². The number of rotatable bonds is 8. The Morgan fingerprint density at radius 1 is 0.921 bits per heavy atom. The van der Waals surface area contributed by atoms with Gasteiger partial charge >= 0.3 is 12.0 Å². The Bertz CT molecular complexity index is 1310. The number of carbonyl (C=O) groups excluding carboxylic acids is 2. The van der Waals surface area contributed by atoms with Crippen LogP contribution in [0.5, 0.6) is 0 Å². The van der Waals surface area contributed by atoms with Gasteiger partial charge in [0.1, 0.15) is 0 Å². The average Bonchev–Trinajstić information content (AvgIpc) is 2.87. The van der Waals surface area contributed by atoms with Gasteiger partial charge in [-0.3, -0.25) is 9.69 Å². The maximum absolute atomic E-state index is 13.4. The molecule has 0 aliphatic carbocycles. The van der Waals surface area contributed by atoms with Gasteiger partial charge in [0.2, 0.25) is 0 Å². The van der Waals surface area contributed by atoms with Crippen LogP contribution in [0.3, 0.4) is 0 Å². The second-order valence-corrected chi connectivity index (χ2v) is 10.5. The van der Waals surface area contributed by atoms with Crippen molar-refractivity contribution in [2.45, 2.75) is 38.8 Å². The number of carboxylic acid groups (broad SMARTS) is 1. The number of carboxylic acids is 1. The molecule has 0 bridgehead atoms. The summed E-state index contributed by atoms with van der Waals surface area (Å²) in [5.41, 5.74) is 3.25. The van der Waals surface area contributed by atoms with Gasteiger partial charge in [0.05, 0.1) is 23.1 Å². The number of hydrogen-bond donors (Lipinski definition) is 4. The van der Waals surface area contributed by atoms with Crippen LogP contribution >= 0.6 is 23.2 Å². The van der Waals surface area contributed by atoms with E-state index in [1.807, 2.05) is 24.3 Å². The zero-order valence-electron chi connectivity index (χ0n) is 21.2. The first-order valence-electron chi connectivity index (χ1n) is 11.8. The van der Waals surface area contributed by atoms with Gasteiger partial charge in [-0.2, -0.15) is 0 Å². The number of aliphatic hydroxyl groups is 1. The molecule has 0 aliphatic rings. The highest BCUT2D eigenvalue weighted by Crippen LogP contribution is 2.28. The van der Waals surface area contributed by atoms with Crippen molar-refractivity contribution in [3.8, 4) is 0 Å². The van der Waals surface area contributed by atoms with Gasteiger partial charge < -0.3 is 20.8 Å². The van der Waals surface area contributed by atoms with Crippen LogP contribution in [-0.2, 0) is 16.8 Å². The molecule has 0 radical (unpaired) electrons. The molecule has 3 rings (SSSR count). The number of carbonyl (C=O) groups is 3. The second-order valence-electron chi connectivity index (χ2n) is 9.70. The van der Waals surface area contributed by atoms with Crippen LogP contribution in [0.15, 0.2) is 66.7 Å². The minimum atomic E-state index is -1.69. The monoisotopic (exact) mass is 557 g/mol. The van der Waals surface area contributed by atoms with E-state index in [4.69, 9.17) is 28.3 Å². The van der Waals surface area contributed by atoms with Crippen molar-refractivity contribution in [3.05, 3.63) is 93.5 Å². The lowest BCUT2D eigenvalue weighted by Crippen LogP contribution is -2.36. The van der Waals surface area contributed by atoms with E-state index in [1.54, 1.807) is 47.4 Å². The Kier molecular flexibility index (Phi) is 9.38. The maximum Gasteiger partial charge on any atom is 0.334 e. The Labute approximate surface area is 231 Å². The van der Waals surface area contributed by atoms with Crippen molar-refractivity contribution in [2.24, 2.45) is 0 Å². The summed E-state index contributed by atoms with van der Waals surface area (Å²) in [6.45, 7) is 6.11. The fourth-order valence-electron chi connectivity index (χ4n) is 3.51. The summed E-state index contributed by atoms with van der Waals surface area (Å²) in [6.07, 6.45) is -1.69. The predicted molar refractivity (Wildman–Crippen MR) is 149 cm³/mol. The minimum absolute atomic E-state index is 0.0530. The molecule has 4 N–H and O–H groups in total. The maximum atomic E-state index is 13.4. The van der Waals surface area contributed by atoms with E-state index in [0.717, 1.165) is 11.1 Å². The Hall–Kier alpha value is -3.59. The molecular weight excluding hydrogens is 529 g/mol. The quantitative estimate of drug-likeness (QED) is 0.283. The zero-order valence-corrected chi connectivity index (χ0v) is 22.7. The topological polar surface area (TPSA) is 119 Å². The third-order valence-electron chi connectivity index (χ3n) is 5.76. The van der Waals surface area contributed by atoms with E-state index >= 15 is 0 Å². The highest BCUT2D eigenvalue weighted by atomic mass is 35.5. The Balaban J connectivity index is 1.82. The number of halogens is 2. The largest absolute Gasteiger partial charge is 0.479 e. The fraction of sp³-hybridized carbons (Fsp3) is 0.250. The normalized spacial score (nSPS) is 11.9. The first-order valence-corrected chi connectivity index (χ1v) is 12.5. The van der Waals surface area contributed by atoms with Crippen molar-refractivity contribution >= 4 is 52.5 Å². The lowest BCUT2D eigenvalue weighted by molar-refractivity contribution is -0.146. The van der Waals surface area contributed by atoms with Crippen LogP contribution in [-0.4, -0.2) is 40.8 Å². The fourth-order valence-corrected chi connectivity index (χ4v) is 3.81. The summed E-state index contributed by atoms with van der Waals surface area (Å²) in [4.78, 5) is 38.0. The Morgan fingerprint density at radius 3 is 2.11 bits per heavy atom. The standard InChI is InChI=1S/C28H29Cl2N3O5/c1-28(2,3)19-8-11-21(12-9-19)33(27(38)32-20-10-13-22(29)23(30)14-20)16-17-4-6-18(7-5-17)25(35)31-15-24(34)26(36)37/h4-14,24,34H,15-16H2,1-3H3,(H,31,35)(H,32,38)(H,36,37)/t24-/m1/s1. The van der Waals surface area contributed by atoms with E-state index in [0.29, 0.717) is 21.4 Å². The molecule has 3 amide bonds. The number of amides is 3. The minimum Gasteiger partial charge on any atom is -0.479 e. The summed E-state index contributed by atoms with van der Waals surface area (Å²) in [7, 11) is 0. The lowest BCUT2D eigenvalue weighted by Gasteiger charge is -2.25. The number of urea groups is 1. The molecule has 1 atom stereocenters. The molecule has 0 saturated carbocycles. The third kappa shape index (κ3) is 7.71. The zero-order chi connectivity index (χ0) is 28.0. The van der Waals surface area contributed by atoms with Crippen LogP contribution in [0.2, 0.25) is 10.0 Å². The third-order valence-corrected chi connectivity index (χ3v) is 6.50. The summed E-state index contributed by atoms with van der Waals surface area (Å²) in [6, 6.07) is 18.7. The van der Waals surface area contributed by atoms with Crippen molar-refractivity contribution < 1.29 is 24.6 Å². The number of aliphatic hydroxyl groups excluding tert-OH is 1. The number of nitrogens with one attached hydrogen (secondary N) is 2. The number of anilines is 2. The van der Waals surface area contributed by atoms with Gasteiger partial charge in [0, 0.05) is 16.9 Å². The molecule has 3 aromatic carbocycles. The summed E-state index contributed by atoms with van der Waals surface area (Å²) < 4.78 is 0.